The molecule has 3 aromatic rings. The highest BCUT2D eigenvalue weighted by Crippen LogP contribution is 2.40. The van der Waals surface area contributed by atoms with Gasteiger partial charge in [-0.15, -0.1) is 0 Å². The van der Waals surface area contributed by atoms with Gasteiger partial charge >= 0.3 is 11.9 Å². The molecule has 2 aromatic carbocycles. The van der Waals surface area contributed by atoms with Crippen LogP contribution in [-0.4, -0.2) is 48.2 Å². The van der Waals surface area contributed by atoms with Crippen molar-refractivity contribution in [1.82, 2.24) is 9.78 Å². The highest BCUT2D eigenvalue weighted by atomic mass is 79.9. The predicted octanol–water partition coefficient (Wildman–Crippen LogP) is 3.59. The zero-order valence-corrected chi connectivity index (χ0v) is 17.4. The van der Waals surface area contributed by atoms with Gasteiger partial charge in [0.15, 0.2) is 17.2 Å². The van der Waals surface area contributed by atoms with Crippen LogP contribution < -0.4 is 4.74 Å². The van der Waals surface area contributed by atoms with Crippen molar-refractivity contribution in [2.24, 2.45) is 0 Å². The van der Waals surface area contributed by atoms with Crippen LogP contribution in [0.4, 0.5) is 0 Å². The molecule has 0 aliphatic rings. The number of aromatic nitrogens is 2. The molecule has 1 N–H and O–H groups in total. The number of carbonyl (C=O) groups is 2. The van der Waals surface area contributed by atoms with Crippen LogP contribution >= 0.6 is 15.9 Å². The summed E-state index contributed by atoms with van der Waals surface area (Å²) in [5, 5.41) is 14.7. The third kappa shape index (κ3) is 3.68. The normalized spacial score (nSPS) is 10.5. The SMILES string of the molecule is COC(=O)c1c(-c2cc(O)c(OC)cc2Br)nn(-c2ccccc2)c1C(=O)OC. The van der Waals surface area contributed by atoms with Crippen molar-refractivity contribution in [2.45, 2.75) is 0 Å². The van der Waals surface area contributed by atoms with Gasteiger partial charge in [0.2, 0.25) is 0 Å². The number of benzene rings is 2. The monoisotopic (exact) mass is 460 g/mol. The predicted molar refractivity (Wildman–Crippen MR) is 108 cm³/mol. The van der Waals surface area contributed by atoms with E-state index >= 15 is 0 Å². The number of hydrogen-bond acceptors (Lipinski definition) is 7. The molecule has 0 atom stereocenters. The second-order valence-corrected chi connectivity index (χ2v) is 6.66. The van der Waals surface area contributed by atoms with Crippen LogP contribution in [0.3, 0.4) is 0 Å². The van der Waals surface area contributed by atoms with Gasteiger partial charge in [-0.25, -0.2) is 14.3 Å². The maximum atomic E-state index is 12.6. The van der Waals surface area contributed by atoms with E-state index in [4.69, 9.17) is 14.2 Å². The van der Waals surface area contributed by atoms with E-state index in [0.717, 1.165) is 0 Å². The molecule has 0 saturated carbocycles. The lowest BCUT2D eigenvalue weighted by Gasteiger charge is -2.09. The van der Waals surface area contributed by atoms with E-state index in [1.54, 1.807) is 24.3 Å². The standard InChI is InChI=1S/C20H17BrN2O6/c1-27-15-10-13(21)12(9-14(15)24)17-16(19(25)28-2)18(20(26)29-3)23(22-17)11-7-5-4-6-8-11/h4-10,24H,1-3H3. The van der Waals surface area contributed by atoms with Crippen LogP contribution in [0.2, 0.25) is 0 Å². The zero-order chi connectivity index (χ0) is 21.1. The van der Waals surface area contributed by atoms with E-state index < -0.39 is 11.9 Å². The van der Waals surface area contributed by atoms with E-state index in [1.165, 1.54) is 38.1 Å². The van der Waals surface area contributed by atoms with Gasteiger partial charge in [-0.2, -0.15) is 5.10 Å². The van der Waals surface area contributed by atoms with Crippen molar-refractivity contribution in [3.8, 4) is 28.4 Å². The summed E-state index contributed by atoms with van der Waals surface area (Å²) >= 11 is 3.40. The fraction of sp³-hybridized carbons (Fsp3) is 0.150. The Kier molecular flexibility index (Phi) is 5.88. The highest BCUT2D eigenvalue weighted by Gasteiger charge is 2.32. The minimum Gasteiger partial charge on any atom is -0.504 e. The van der Waals surface area contributed by atoms with E-state index in [9.17, 15) is 14.7 Å². The third-order valence-corrected chi connectivity index (χ3v) is 4.83. The number of phenols is 1. The molecule has 0 aliphatic carbocycles. The summed E-state index contributed by atoms with van der Waals surface area (Å²) in [6.45, 7) is 0. The Morgan fingerprint density at radius 3 is 2.28 bits per heavy atom. The smallest absolute Gasteiger partial charge is 0.357 e. The van der Waals surface area contributed by atoms with Crippen LogP contribution in [0.5, 0.6) is 11.5 Å². The molecule has 0 radical (unpaired) electrons. The van der Waals surface area contributed by atoms with Gasteiger partial charge in [-0.05, 0) is 40.2 Å². The number of aromatic hydroxyl groups is 1. The number of methoxy groups -OCH3 is 3. The van der Waals surface area contributed by atoms with Crippen LogP contribution in [-0.2, 0) is 9.47 Å². The average molecular weight is 461 g/mol. The second-order valence-electron chi connectivity index (χ2n) is 5.81. The maximum absolute atomic E-state index is 12.6. The van der Waals surface area contributed by atoms with Crippen LogP contribution in [0.1, 0.15) is 20.8 Å². The lowest BCUT2D eigenvalue weighted by molar-refractivity contribution is 0.0549. The molecule has 0 fully saturated rings. The first-order valence-electron chi connectivity index (χ1n) is 8.34. The minimum absolute atomic E-state index is 0.0894. The van der Waals surface area contributed by atoms with E-state index in [1.807, 2.05) is 6.07 Å². The summed E-state index contributed by atoms with van der Waals surface area (Å²) in [5.41, 5.74) is 0.851. The Hall–Kier alpha value is -3.33. The first-order chi connectivity index (χ1) is 13.9. The molecule has 0 unspecified atom stereocenters. The topological polar surface area (TPSA) is 99.9 Å². The first-order valence-corrected chi connectivity index (χ1v) is 9.14. The lowest BCUT2D eigenvalue weighted by Crippen LogP contribution is -2.15. The molecular formula is C20H17BrN2O6. The maximum Gasteiger partial charge on any atom is 0.357 e. The number of phenolic OH excluding ortho intramolecular Hbond substituents is 1. The Morgan fingerprint density at radius 2 is 1.69 bits per heavy atom. The van der Waals surface area contributed by atoms with Gasteiger partial charge in [-0.3, -0.25) is 0 Å². The van der Waals surface area contributed by atoms with Crippen LogP contribution in [0.25, 0.3) is 16.9 Å². The Labute approximate surface area is 174 Å². The van der Waals surface area contributed by atoms with Gasteiger partial charge in [0.05, 0.1) is 27.0 Å². The summed E-state index contributed by atoms with van der Waals surface area (Å²) in [4.78, 5) is 25.2. The quantitative estimate of drug-likeness (QED) is 0.580. The van der Waals surface area contributed by atoms with Gasteiger partial charge in [0, 0.05) is 10.0 Å². The Balaban J connectivity index is 2.39. The number of hydrogen-bond donors (Lipinski definition) is 1. The molecule has 3 rings (SSSR count). The van der Waals surface area contributed by atoms with Crippen molar-refractivity contribution >= 4 is 27.9 Å². The third-order valence-electron chi connectivity index (χ3n) is 4.18. The molecule has 0 saturated heterocycles. The fourth-order valence-corrected chi connectivity index (χ4v) is 3.34. The van der Waals surface area contributed by atoms with Crippen molar-refractivity contribution in [3.05, 3.63) is 58.2 Å². The molecule has 150 valence electrons. The van der Waals surface area contributed by atoms with E-state index in [2.05, 4.69) is 21.0 Å². The Bertz CT molecular complexity index is 1080. The second kappa shape index (κ2) is 8.36. The minimum atomic E-state index is -0.773. The largest absolute Gasteiger partial charge is 0.504 e. The lowest BCUT2D eigenvalue weighted by atomic mass is 10.0. The number of para-hydroxylation sites is 1. The summed E-state index contributed by atoms with van der Waals surface area (Å²) in [6, 6.07) is 11.7. The van der Waals surface area contributed by atoms with Crippen molar-refractivity contribution in [2.75, 3.05) is 21.3 Å². The van der Waals surface area contributed by atoms with Crippen LogP contribution in [0.15, 0.2) is 46.9 Å². The summed E-state index contributed by atoms with van der Waals surface area (Å²) in [6.07, 6.45) is 0. The van der Waals surface area contributed by atoms with Gasteiger partial charge in [0.25, 0.3) is 0 Å². The number of carbonyl (C=O) groups excluding carboxylic acids is 2. The van der Waals surface area contributed by atoms with Gasteiger partial charge in [-0.1, -0.05) is 18.2 Å². The number of nitrogens with zero attached hydrogens (tertiary/aromatic N) is 2. The molecule has 0 amide bonds. The van der Waals surface area contributed by atoms with Crippen molar-refractivity contribution < 1.29 is 28.9 Å². The molecule has 0 spiro atoms. The average Bonchev–Trinajstić information content (AvgIpc) is 3.14. The van der Waals surface area contributed by atoms with Crippen LogP contribution in [0, 0.1) is 0 Å². The first kappa shape index (κ1) is 20.4. The van der Waals surface area contributed by atoms with E-state index in [-0.39, 0.29) is 28.5 Å². The highest BCUT2D eigenvalue weighted by molar-refractivity contribution is 9.10. The summed E-state index contributed by atoms with van der Waals surface area (Å²) in [5.74, 6) is -1.46. The number of rotatable bonds is 5. The summed E-state index contributed by atoms with van der Waals surface area (Å²) in [7, 11) is 3.83. The molecule has 1 aromatic heterocycles. The molecule has 9 heteroatoms. The molecule has 29 heavy (non-hydrogen) atoms. The zero-order valence-electron chi connectivity index (χ0n) is 15.8. The van der Waals surface area contributed by atoms with Crippen molar-refractivity contribution in [1.29, 1.82) is 0 Å². The van der Waals surface area contributed by atoms with Gasteiger partial charge < -0.3 is 19.3 Å². The molecule has 0 aliphatic heterocycles. The molecule has 0 bridgehead atoms. The number of esters is 2. The van der Waals surface area contributed by atoms with Gasteiger partial charge in [0.1, 0.15) is 11.3 Å². The number of halogens is 1. The molecule has 1 heterocycles. The van der Waals surface area contributed by atoms with Crippen molar-refractivity contribution in [3.63, 3.8) is 0 Å². The Morgan fingerprint density at radius 1 is 1.03 bits per heavy atom. The summed E-state index contributed by atoms with van der Waals surface area (Å²) < 4.78 is 16.7. The molecule has 8 nitrogen and oxygen atoms in total. The van der Waals surface area contributed by atoms with E-state index in [0.29, 0.717) is 15.7 Å². The molecular weight excluding hydrogens is 444 g/mol. The number of ether oxygens (including phenoxy) is 3. The fourth-order valence-electron chi connectivity index (χ4n) is 2.83.